The summed E-state index contributed by atoms with van der Waals surface area (Å²) in [7, 11) is 0. The first-order valence-corrected chi connectivity index (χ1v) is 8.65. The first-order chi connectivity index (χ1) is 10.7. The largest absolute Gasteiger partial charge is 0.468 e. The first-order valence-electron chi connectivity index (χ1n) is 8.65. The van der Waals surface area contributed by atoms with E-state index in [1.54, 1.807) is 4.90 Å². The number of hydrogen-bond acceptors (Lipinski definition) is 2. The Hall–Kier alpha value is -1.55. The number of para-hydroxylation sites is 1. The number of hydroxylamine groups is 3. The summed E-state index contributed by atoms with van der Waals surface area (Å²) < 4.78 is 0.546. The molecular weight excluding hydrogens is 276 g/mol. The molecule has 3 heterocycles. The zero-order valence-electron chi connectivity index (χ0n) is 13.5. The number of quaternary nitrogens is 1. The van der Waals surface area contributed by atoms with Gasteiger partial charge in [0, 0.05) is 31.5 Å². The van der Waals surface area contributed by atoms with Gasteiger partial charge in [-0.1, -0.05) is 31.5 Å². The summed E-state index contributed by atoms with van der Waals surface area (Å²) in [6.45, 7) is 5.85. The molecule has 0 radical (unpaired) electrons. The number of amides is 1. The fourth-order valence-corrected chi connectivity index (χ4v) is 3.62. The number of nitrogens with zero attached hydrogens (tertiary/aromatic N) is 2. The SMILES string of the molecule is CCCCN(C(=O)O[N+]12CCC(CC1)CC2)c1ccccc1. The standard InChI is InChI=1S/C18H27N2O2/c1-2-3-12-19(17-7-5-4-6-8-17)18(21)22-20-13-9-16(10-14-20)11-15-20/h4-8,16H,2-3,9-15H2,1H3/q+1. The van der Waals surface area contributed by atoms with Gasteiger partial charge in [-0.15, -0.1) is 4.65 Å². The minimum Gasteiger partial charge on any atom is -0.273 e. The second-order valence-corrected chi connectivity index (χ2v) is 6.66. The molecule has 0 aromatic heterocycles. The fourth-order valence-electron chi connectivity index (χ4n) is 3.62. The van der Waals surface area contributed by atoms with Crippen molar-refractivity contribution in [3.05, 3.63) is 30.3 Å². The molecule has 0 saturated carbocycles. The highest BCUT2D eigenvalue weighted by atomic mass is 16.8. The lowest BCUT2D eigenvalue weighted by Gasteiger charge is -2.45. The van der Waals surface area contributed by atoms with Crippen LogP contribution in [0.5, 0.6) is 0 Å². The van der Waals surface area contributed by atoms with E-state index in [4.69, 9.17) is 4.84 Å². The van der Waals surface area contributed by atoms with Gasteiger partial charge >= 0.3 is 6.09 Å². The number of carbonyl (C=O) groups is 1. The van der Waals surface area contributed by atoms with Crippen molar-refractivity contribution in [3.63, 3.8) is 0 Å². The molecule has 1 aromatic rings. The summed E-state index contributed by atoms with van der Waals surface area (Å²) in [5.41, 5.74) is 0.936. The van der Waals surface area contributed by atoms with Crippen molar-refractivity contribution in [1.29, 1.82) is 0 Å². The maximum absolute atomic E-state index is 12.8. The maximum Gasteiger partial charge on any atom is 0.468 e. The van der Waals surface area contributed by atoms with Crippen molar-refractivity contribution in [3.8, 4) is 0 Å². The molecule has 0 aliphatic carbocycles. The van der Waals surface area contributed by atoms with E-state index in [-0.39, 0.29) is 6.09 Å². The quantitative estimate of drug-likeness (QED) is 0.770. The molecule has 1 amide bonds. The van der Waals surface area contributed by atoms with Crippen molar-refractivity contribution in [2.75, 3.05) is 31.1 Å². The van der Waals surface area contributed by atoms with Crippen molar-refractivity contribution >= 4 is 11.8 Å². The average Bonchev–Trinajstić information content (AvgIpc) is 2.57. The number of rotatable bonds is 5. The Balaban J connectivity index is 1.71. The van der Waals surface area contributed by atoms with Crippen LogP contribution in [0, 0.1) is 5.92 Å². The van der Waals surface area contributed by atoms with Gasteiger partial charge < -0.3 is 0 Å². The molecule has 4 rings (SSSR count). The molecule has 0 N–H and O–H groups in total. The molecule has 4 heteroatoms. The van der Waals surface area contributed by atoms with Gasteiger partial charge in [0.2, 0.25) is 0 Å². The predicted molar refractivity (Wildman–Crippen MR) is 87.4 cm³/mol. The van der Waals surface area contributed by atoms with Crippen LogP contribution < -0.4 is 4.90 Å². The minimum atomic E-state index is -0.181. The monoisotopic (exact) mass is 303 g/mol. The third-order valence-corrected chi connectivity index (χ3v) is 5.13. The fraction of sp³-hybridized carbons (Fsp3) is 0.611. The van der Waals surface area contributed by atoms with Gasteiger partial charge in [0.05, 0.1) is 0 Å². The molecule has 3 aliphatic heterocycles. The van der Waals surface area contributed by atoms with Crippen LogP contribution in [-0.2, 0) is 4.84 Å². The second-order valence-electron chi connectivity index (χ2n) is 6.66. The van der Waals surface area contributed by atoms with Crippen LogP contribution in [0.2, 0.25) is 0 Å². The summed E-state index contributed by atoms with van der Waals surface area (Å²) in [6.07, 6.45) is 5.49. The summed E-state index contributed by atoms with van der Waals surface area (Å²) in [4.78, 5) is 20.6. The van der Waals surface area contributed by atoms with E-state index in [0.29, 0.717) is 4.65 Å². The van der Waals surface area contributed by atoms with Gasteiger partial charge in [0.25, 0.3) is 0 Å². The number of piperidine rings is 3. The molecule has 22 heavy (non-hydrogen) atoms. The highest BCUT2D eigenvalue weighted by Crippen LogP contribution is 2.34. The third-order valence-electron chi connectivity index (χ3n) is 5.13. The summed E-state index contributed by atoms with van der Waals surface area (Å²) >= 11 is 0. The first kappa shape index (κ1) is 15.3. The van der Waals surface area contributed by atoms with E-state index in [9.17, 15) is 4.79 Å². The Bertz CT molecular complexity index is 481. The van der Waals surface area contributed by atoms with E-state index < -0.39 is 0 Å². The molecule has 2 bridgehead atoms. The van der Waals surface area contributed by atoms with Crippen LogP contribution in [-0.4, -0.2) is 36.9 Å². The summed E-state index contributed by atoms with van der Waals surface area (Å²) in [6, 6.07) is 9.89. The molecule has 0 unspecified atom stereocenters. The van der Waals surface area contributed by atoms with Crippen LogP contribution in [0.3, 0.4) is 0 Å². The molecule has 120 valence electrons. The van der Waals surface area contributed by atoms with E-state index >= 15 is 0 Å². The van der Waals surface area contributed by atoms with Gasteiger partial charge in [-0.25, -0.2) is 4.79 Å². The lowest BCUT2D eigenvalue weighted by molar-refractivity contribution is -1.10. The molecule has 3 fully saturated rings. The smallest absolute Gasteiger partial charge is 0.273 e. The van der Waals surface area contributed by atoms with Gasteiger partial charge in [-0.2, -0.15) is 0 Å². The van der Waals surface area contributed by atoms with Crippen LogP contribution >= 0.6 is 0 Å². The topological polar surface area (TPSA) is 29.5 Å². The Morgan fingerprint density at radius 1 is 1.18 bits per heavy atom. The maximum atomic E-state index is 12.8. The number of fused-ring (bicyclic) bond motifs is 3. The normalized spacial score (nSPS) is 26.7. The Kier molecular flexibility index (Phi) is 4.67. The van der Waals surface area contributed by atoms with Crippen LogP contribution in [0.15, 0.2) is 30.3 Å². The molecular formula is C18H27N2O2+. The van der Waals surface area contributed by atoms with E-state index in [0.717, 1.165) is 50.6 Å². The van der Waals surface area contributed by atoms with Crippen LogP contribution in [0.25, 0.3) is 0 Å². The van der Waals surface area contributed by atoms with E-state index in [1.165, 1.54) is 19.3 Å². The van der Waals surface area contributed by atoms with Crippen molar-refractivity contribution in [1.82, 2.24) is 0 Å². The number of anilines is 1. The Labute approximate surface area is 133 Å². The Morgan fingerprint density at radius 2 is 1.82 bits per heavy atom. The predicted octanol–water partition coefficient (Wildman–Crippen LogP) is 3.98. The zero-order chi connectivity index (χ0) is 15.4. The third kappa shape index (κ3) is 3.27. The van der Waals surface area contributed by atoms with Crippen LogP contribution in [0.1, 0.15) is 39.0 Å². The second kappa shape index (κ2) is 6.69. The van der Waals surface area contributed by atoms with E-state index in [1.807, 2.05) is 30.3 Å². The van der Waals surface area contributed by atoms with Crippen molar-refractivity contribution < 1.29 is 14.3 Å². The molecule has 3 aliphatic rings. The number of carbonyl (C=O) groups excluding carboxylic acids is 1. The van der Waals surface area contributed by atoms with Crippen molar-refractivity contribution in [2.24, 2.45) is 5.92 Å². The van der Waals surface area contributed by atoms with E-state index in [2.05, 4.69) is 6.92 Å². The highest BCUT2D eigenvalue weighted by Gasteiger charge is 2.44. The minimum absolute atomic E-state index is 0.181. The summed E-state index contributed by atoms with van der Waals surface area (Å²) in [5.74, 6) is 0.865. The number of unbranched alkanes of at least 4 members (excludes halogenated alkanes) is 1. The molecule has 0 atom stereocenters. The highest BCUT2D eigenvalue weighted by molar-refractivity contribution is 5.87. The lowest BCUT2D eigenvalue weighted by atomic mass is 9.88. The molecule has 0 spiro atoms. The van der Waals surface area contributed by atoms with Crippen LogP contribution in [0.4, 0.5) is 10.5 Å². The molecule has 4 nitrogen and oxygen atoms in total. The zero-order valence-corrected chi connectivity index (χ0v) is 13.5. The number of benzene rings is 1. The Morgan fingerprint density at radius 3 is 2.41 bits per heavy atom. The average molecular weight is 303 g/mol. The lowest BCUT2D eigenvalue weighted by Crippen LogP contribution is -2.60. The van der Waals surface area contributed by atoms with Gasteiger partial charge in [0.15, 0.2) is 0 Å². The van der Waals surface area contributed by atoms with Gasteiger partial charge in [0.1, 0.15) is 19.6 Å². The van der Waals surface area contributed by atoms with Gasteiger partial charge in [-0.3, -0.25) is 9.74 Å². The summed E-state index contributed by atoms with van der Waals surface area (Å²) in [5, 5.41) is 0. The molecule has 3 saturated heterocycles. The molecule has 1 aromatic carbocycles. The van der Waals surface area contributed by atoms with Crippen molar-refractivity contribution in [2.45, 2.75) is 39.0 Å². The number of hydrogen-bond donors (Lipinski definition) is 0. The van der Waals surface area contributed by atoms with Gasteiger partial charge in [-0.05, 0) is 24.5 Å².